The van der Waals surface area contributed by atoms with E-state index in [9.17, 15) is 0 Å². The molecule has 0 aromatic heterocycles. The lowest BCUT2D eigenvalue weighted by molar-refractivity contribution is 1.37. The van der Waals surface area contributed by atoms with Gasteiger partial charge in [0.2, 0.25) is 0 Å². The van der Waals surface area contributed by atoms with Crippen LogP contribution in [0.15, 0.2) is 97.1 Å². The predicted octanol–water partition coefficient (Wildman–Crippen LogP) is 10.2. The highest BCUT2D eigenvalue weighted by Crippen LogP contribution is 2.35. The van der Waals surface area contributed by atoms with E-state index < -0.39 is 0 Å². The Kier molecular flexibility index (Phi) is 6.37. The lowest BCUT2D eigenvalue weighted by atomic mass is 9.89. The summed E-state index contributed by atoms with van der Waals surface area (Å²) in [5.74, 6) is 0. The van der Waals surface area contributed by atoms with E-state index >= 15 is 0 Å². The molecule has 0 spiro atoms. The van der Waals surface area contributed by atoms with Gasteiger partial charge >= 0.3 is 0 Å². The quantitative estimate of drug-likeness (QED) is 0.247. The Morgan fingerprint density at radius 3 is 1.00 bits per heavy atom. The van der Waals surface area contributed by atoms with Gasteiger partial charge in [-0.1, -0.05) is 107 Å². The maximum absolute atomic E-state index is 2.36. The second-order valence-electron chi connectivity index (χ2n) is 10.4. The van der Waals surface area contributed by atoms with Crippen LogP contribution in [0.4, 0.5) is 0 Å². The minimum Gasteiger partial charge on any atom is -0.0610 e. The summed E-state index contributed by atoms with van der Waals surface area (Å²) in [6.07, 6.45) is 0. The van der Waals surface area contributed by atoms with Gasteiger partial charge in [0.1, 0.15) is 0 Å². The SMILES string of the molecule is Cc1cc(C)cc(-c2cccc(-c3cc(C)c(-c4cccc(-c5cc(C)cc(C)c5)c4)cc3C)c2)c1. The summed E-state index contributed by atoms with van der Waals surface area (Å²) in [7, 11) is 0. The summed E-state index contributed by atoms with van der Waals surface area (Å²) < 4.78 is 0. The first-order valence-electron chi connectivity index (χ1n) is 12.8. The smallest absolute Gasteiger partial charge is 0.0151 e. The number of benzene rings is 5. The third-order valence-corrected chi connectivity index (χ3v) is 7.03. The van der Waals surface area contributed by atoms with Crippen molar-refractivity contribution in [1.29, 1.82) is 0 Å². The molecule has 178 valence electrons. The van der Waals surface area contributed by atoms with Crippen molar-refractivity contribution in [2.24, 2.45) is 0 Å². The molecule has 0 aliphatic rings. The van der Waals surface area contributed by atoms with Crippen LogP contribution in [0.3, 0.4) is 0 Å². The molecule has 0 unspecified atom stereocenters. The summed E-state index contributed by atoms with van der Waals surface area (Å²) >= 11 is 0. The fourth-order valence-electron chi connectivity index (χ4n) is 5.45. The van der Waals surface area contributed by atoms with Gasteiger partial charge in [-0.05, 0) is 109 Å². The molecule has 0 fully saturated rings. The minimum absolute atomic E-state index is 1.27. The molecule has 5 rings (SSSR count). The van der Waals surface area contributed by atoms with Crippen molar-refractivity contribution in [3.05, 3.63) is 130 Å². The predicted molar refractivity (Wildman–Crippen MR) is 157 cm³/mol. The molecule has 5 aromatic carbocycles. The van der Waals surface area contributed by atoms with Crippen molar-refractivity contribution in [2.45, 2.75) is 41.5 Å². The molecule has 0 nitrogen and oxygen atoms in total. The molecular weight excluding hydrogens is 432 g/mol. The number of hydrogen-bond donors (Lipinski definition) is 0. The van der Waals surface area contributed by atoms with Gasteiger partial charge in [0.05, 0.1) is 0 Å². The van der Waals surface area contributed by atoms with E-state index in [-0.39, 0.29) is 0 Å². The topological polar surface area (TPSA) is 0 Å². The Labute approximate surface area is 216 Å². The van der Waals surface area contributed by atoms with Gasteiger partial charge in [-0.15, -0.1) is 0 Å². The molecule has 5 aromatic rings. The Bertz CT molecular complexity index is 1420. The number of hydrogen-bond acceptors (Lipinski definition) is 0. The van der Waals surface area contributed by atoms with Gasteiger partial charge in [-0.2, -0.15) is 0 Å². The highest BCUT2D eigenvalue weighted by atomic mass is 14.2. The highest BCUT2D eigenvalue weighted by molar-refractivity contribution is 5.81. The summed E-state index contributed by atoms with van der Waals surface area (Å²) in [5.41, 5.74) is 18.0. The zero-order valence-corrected chi connectivity index (χ0v) is 22.2. The highest BCUT2D eigenvalue weighted by Gasteiger charge is 2.11. The second-order valence-corrected chi connectivity index (χ2v) is 10.4. The molecule has 36 heavy (non-hydrogen) atoms. The van der Waals surface area contributed by atoms with Crippen LogP contribution in [0, 0.1) is 41.5 Å². The van der Waals surface area contributed by atoms with Crippen LogP contribution in [0.25, 0.3) is 44.5 Å². The van der Waals surface area contributed by atoms with Crippen molar-refractivity contribution < 1.29 is 0 Å². The molecular formula is C36H34. The van der Waals surface area contributed by atoms with Crippen molar-refractivity contribution in [1.82, 2.24) is 0 Å². The molecule has 0 saturated heterocycles. The van der Waals surface area contributed by atoms with Gasteiger partial charge in [0.15, 0.2) is 0 Å². The zero-order valence-electron chi connectivity index (χ0n) is 22.2. The Morgan fingerprint density at radius 1 is 0.306 bits per heavy atom. The van der Waals surface area contributed by atoms with E-state index in [1.807, 2.05) is 0 Å². The molecule has 0 saturated carbocycles. The van der Waals surface area contributed by atoms with E-state index in [0.29, 0.717) is 0 Å². The third kappa shape index (κ3) is 4.90. The normalized spacial score (nSPS) is 11.1. The van der Waals surface area contributed by atoms with Crippen molar-refractivity contribution >= 4 is 0 Å². The Hall–Kier alpha value is -3.90. The van der Waals surface area contributed by atoms with E-state index in [0.717, 1.165) is 0 Å². The largest absolute Gasteiger partial charge is 0.0610 e. The second kappa shape index (κ2) is 9.63. The average molecular weight is 467 g/mol. The van der Waals surface area contributed by atoms with Crippen molar-refractivity contribution in [2.75, 3.05) is 0 Å². The van der Waals surface area contributed by atoms with Crippen LogP contribution in [0.2, 0.25) is 0 Å². The number of rotatable bonds is 4. The van der Waals surface area contributed by atoms with Crippen LogP contribution in [-0.4, -0.2) is 0 Å². The van der Waals surface area contributed by atoms with Gasteiger partial charge in [0.25, 0.3) is 0 Å². The van der Waals surface area contributed by atoms with Gasteiger partial charge in [-0.25, -0.2) is 0 Å². The van der Waals surface area contributed by atoms with Gasteiger partial charge < -0.3 is 0 Å². The minimum atomic E-state index is 1.27. The first-order valence-corrected chi connectivity index (χ1v) is 12.8. The van der Waals surface area contributed by atoms with E-state index in [4.69, 9.17) is 0 Å². The maximum Gasteiger partial charge on any atom is -0.0151 e. The first kappa shape index (κ1) is 23.8. The maximum atomic E-state index is 2.36. The van der Waals surface area contributed by atoms with E-state index in [1.165, 1.54) is 77.9 Å². The molecule has 0 aliphatic carbocycles. The summed E-state index contributed by atoms with van der Waals surface area (Å²) in [6.45, 7) is 13.1. The fourth-order valence-corrected chi connectivity index (χ4v) is 5.45. The molecule has 0 atom stereocenters. The summed E-state index contributed by atoms with van der Waals surface area (Å²) in [4.78, 5) is 0. The van der Waals surface area contributed by atoms with E-state index in [2.05, 4.69) is 139 Å². The van der Waals surface area contributed by atoms with Crippen LogP contribution in [0.5, 0.6) is 0 Å². The van der Waals surface area contributed by atoms with Gasteiger partial charge in [0, 0.05) is 0 Å². The lowest BCUT2D eigenvalue weighted by Gasteiger charge is -2.15. The van der Waals surface area contributed by atoms with Gasteiger partial charge in [-0.3, -0.25) is 0 Å². The fraction of sp³-hybridized carbons (Fsp3) is 0.167. The van der Waals surface area contributed by atoms with Crippen LogP contribution >= 0.6 is 0 Å². The molecule has 0 heteroatoms. The molecule has 0 N–H and O–H groups in total. The standard InChI is InChI=1S/C36H34/c1-23-13-24(2)16-33(15-23)29-9-7-11-31(21-29)35-19-28(6)36(20-27(35)5)32-12-8-10-30(22-32)34-17-25(3)14-26(4)18-34/h7-22H,1-6H3. The van der Waals surface area contributed by atoms with Crippen molar-refractivity contribution in [3.63, 3.8) is 0 Å². The summed E-state index contributed by atoms with van der Waals surface area (Å²) in [5, 5.41) is 0. The monoisotopic (exact) mass is 466 g/mol. The number of aryl methyl sites for hydroxylation is 6. The van der Waals surface area contributed by atoms with Crippen molar-refractivity contribution in [3.8, 4) is 44.5 Å². The van der Waals surface area contributed by atoms with Crippen LogP contribution < -0.4 is 0 Å². The van der Waals surface area contributed by atoms with Crippen LogP contribution in [-0.2, 0) is 0 Å². The lowest BCUT2D eigenvalue weighted by Crippen LogP contribution is -1.91. The summed E-state index contributed by atoms with van der Waals surface area (Å²) in [6, 6.07) is 36.2. The molecule has 0 amide bonds. The Balaban J connectivity index is 1.54. The molecule has 0 radical (unpaired) electrons. The average Bonchev–Trinajstić information content (AvgIpc) is 2.84. The van der Waals surface area contributed by atoms with Crippen LogP contribution in [0.1, 0.15) is 33.4 Å². The molecule has 0 heterocycles. The molecule has 0 aliphatic heterocycles. The molecule has 0 bridgehead atoms. The van der Waals surface area contributed by atoms with E-state index in [1.54, 1.807) is 0 Å². The zero-order chi connectivity index (χ0) is 25.4. The third-order valence-electron chi connectivity index (χ3n) is 7.03. The Morgan fingerprint density at radius 2 is 0.639 bits per heavy atom. The first-order chi connectivity index (χ1) is 17.3.